The quantitative estimate of drug-likeness (QED) is 0.147. The van der Waals surface area contributed by atoms with Crippen LogP contribution in [0.15, 0.2) is 273 Å². The van der Waals surface area contributed by atoms with Gasteiger partial charge in [0.2, 0.25) is 0 Å². The van der Waals surface area contributed by atoms with E-state index < -0.39 is 10.8 Å². The first-order chi connectivity index (χ1) is 34.9. The number of hydrogen-bond acceptors (Lipinski definition) is 1. The maximum absolute atomic E-state index is 10.1. The Morgan fingerprint density at radius 2 is 0.657 bits per heavy atom. The molecule has 0 fully saturated rings. The van der Waals surface area contributed by atoms with Crippen LogP contribution in [0.25, 0.3) is 44.2 Å². The fraction of sp³-hybridized carbons (Fsp3) is 0.0303. The molecule has 0 bridgehead atoms. The van der Waals surface area contributed by atoms with E-state index in [2.05, 4.69) is 206 Å². The highest BCUT2D eigenvalue weighted by molar-refractivity contribution is 5.93. The molecule has 11 aromatic rings. The molecule has 67 heavy (non-hydrogen) atoms. The lowest BCUT2D eigenvalue weighted by Gasteiger charge is -2.36. The predicted molar refractivity (Wildman–Crippen MR) is 279 cm³/mol. The molecule has 0 amide bonds. The third-order valence-corrected chi connectivity index (χ3v) is 14.3. The van der Waals surface area contributed by atoms with Crippen molar-refractivity contribution < 1.29 is 5.48 Å². The fourth-order valence-electron chi connectivity index (χ4n) is 11.5. The van der Waals surface area contributed by atoms with Crippen molar-refractivity contribution in [3.05, 3.63) is 317 Å². The van der Waals surface area contributed by atoms with Crippen molar-refractivity contribution in [2.24, 2.45) is 0 Å². The monoisotopic (exact) mass is 855 g/mol. The summed E-state index contributed by atoms with van der Waals surface area (Å²) in [5, 5.41) is 2.00. The Kier molecular flexibility index (Phi) is 8.10. The van der Waals surface area contributed by atoms with E-state index in [4.69, 9.17) is 0 Å². The average molecular weight is 856 g/mol. The van der Waals surface area contributed by atoms with Gasteiger partial charge in [0.25, 0.3) is 0 Å². The van der Waals surface area contributed by atoms with Crippen LogP contribution in [-0.4, -0.2) is 0 Å². The molecule has 0 N–H and O–H groups in total. The molecular weight excluding hydrogens is 807 g/mol. The van der Waals surface area contributed by atoms with Crippen molar-refractivity contribution in [3.63, 3.8) is 0 Å². The Balaban J connectivity index is 1.12. The molecule has 0 saturated heterocycles. The van der Waals surface area contributed by atoms with E-state index >= 15 is 0 Å². The highest BCUT2D eigenvalue weighted by atomic mass is 15.1. The van der Waals surface area contributed by atoms with Crippen LogP contribution in [-0.2, 0) is 10.8 Å². The van der Waals surface area contributed by atoms with Gasteiger partial charge in [-0.3, -0.25) is 0 Å². The number of fused-ring (bicyclic) bond motifs is 7. The summed E-state index contributed by atoms with van der Waals surface area (Å²) in [5.74, 6) is 0. The van der Waals surface area contributed by atoms with Crippen LogP contribution in [0.1, 0.15) is 50.0 Å². The number of anilines is 3. The minimum Gasteiger partial charge on any atom is -0.310 e. The Bertz CT molecular complexity index is 3580. The minimum atomic E-state index is -0.722. The number of rotatable bonds is 8. The topological polar surface area (TPSA) is 3.24 Å². The lowest BCUT2D eigenvalue weighted by molar-refractivity contribution is 0.767. The molecule has 11 aromatic carbocycles. The number of benzene rings is 11. The molecule has 2 aliphatic rings. The molecule has 13 rings (SSSR count). The number of nitrogens with zero attached hydrogens (tertiary/aromatic N) is 1. The summed E-state index contributed by atoms with van der Waals surface area (Å²) in [6, 6.07) is 86.5. The van der Waals surface area contributed by atoms with Gasteiger partial charge in [-0.15, -0.1) is 0 Å². The summed E-state index contributed by atoms with van der Waals surface area (Å²) in [4.78, 5) is 1.99. The van der Waals surface area contributed by atoms with Crippen molar-refractivity contribution in [2.75, 3.05) is 4.90 Å². The van der Waals surface area contributed by atoms with E-state index in [1.807, 2.05) is 47.4 Å². The van der Waals surface area contributed by atoms with Crippen molar-refractivity contribution in [1.29, 1.82) is 0 Å². The standard InChI is InChI=1S/C66H45N/c1-5-21-50(22-6-1)65(51-23-7-2-8-24-51)61-31-17-15-29-57(61)59-41-39-55(44-63(59)65)67(54-37-35-47(36-38-54)49-34-33-46-19-13-14-20-48(46)43-49)56-40-42-60-58-30-16-18-32-62(58)66(64(60)45-56,52-25-9-3-10-26-52)53-27-11-4-12-28-53/h1-45H/i35D,36D,37D,38D. The van der Waals surface area contributed by atoms with Gasteiger partial charge in [-0.2, -0.15) is 0 Å². The van der Waals surface area contributed by atoms with Crippen molar-refractivity contribution >= 4 is 27.8 Å². The molecule has 0 aromatic heterocycles. The van der Waals surface area contributed by atoms with E-state index in [1.54, 1.807) is 0 Å². The highest BCUT2D eigenvalue weighted by Crippen LogP contribution is 2.59. The van der Waals surface area contributed by atoms with Crippen molar-refractivity contribution in [2.45, 2.75) is 10.8 Å². The second-order valence-corrected chi connectivity index (χ2v) is 17.6. The maximum Gasteiger partial charge on any atom is 0.0714 e. The molecule has 0 aliphatic heterocycles. The molecule has 0 spiro atoms. The van der Waals surface area contributed by atoms with E-state index in [9.17, 15) is 5.48 Å². The van der Waals surface area contributed by atoms with Crippen LogP contribution in [0.4, 0.5) is 17.1 Å². The lowest BCUT2D eigenvalue weighted by atomic mass is 9.67. The summed E-state index contributed by atoms with van der Waals surface area (Å²) in [5.41, 5.74) is 14.5. The summed E-state index contributed by atoms with van der Waals surface area (Å²) in [7, 11) is 0. The van der Waals surface area contributed by atoms with Gasteiger partial charge in [0, 0.05) is 17.1 Å². The van der Waals surface area contributed by atoms with Gasteiger partial charge >= 0.3 is 0 Å². The molecule has 0 heterocycles. The van der Waals surface area contributed by atoms with E-state index in [-0.39, 0.29) is 35.4 Å². The molecule has 0 unspecified atom stereocenters. The summed E-state index contributed by atoms with van der Waals surface area (Å²) >= 11 is 0. The van der Waals surface area contributed by atoms with Crippen LogP contribution < -0.4 is 4.90 Å². The third kappa shape index (κ3) is 5.88. The Labute approximate surface area is 398 Å². The van der Waals surface area contributed by atoms with Gasteiger partial charge in [0.05, 0.1) is 16.3 Å². The summed E-state index contributed by atoms with van der Waals surface area (Å²) in [6.45, 7) is 0. The van der Waals surface area contributed by atoms with Gasteiger partial charge in [-0.05, 0) is 131 Å². The van der Waals surface area contributed by atoms with Crippen LogP contribution in [0, 0.1) is 0 Å². The Hall–Kier alpha value is -8.52. The van der Waals surface area contributed by atoms with E-state index in [1.165, 1.54) is 11.1 Å². The molecular formula is C66H45N. The first-order valence-electron chi connectivity index (χ1n) is 25.0. The zero-order valence-corrected chi connectivity index (χ0v) is 36.6. The van der Waals surface area contributed by atoms with Gasteiger partial charge < -0.3 is 4.90 Å². The Morgan fingerprint density at radius 3 is 1.12 bits per heavy atom. The fourth-order valence-corrected chi connectivity index (χ4v) is 11.5. The number of hydrogen-bond donors (Lipinski definition) is 0. The molecule has 314 valence electrons. The molecule has 0 saturated carbocycles. The van der Waals surface area contributed by atoms with Crippen LogP contribution in [0.5, 0.6) is 0 Å². The molecule has 1 nitrogen and oxygen atoms in total. The van der Waals surface area contributed by atoms with Crippen molar-refractivity contribution in [1.82, 2.24) is 0 Å². The molecule has 0 atom stereocenters. The zero-order chi connectivity index (χ0) is 47.8. The zero-order valence-electron chi connectivity index (χ0n) is 40.6. The van der Waals surface area contributed by atoms with Crippen LogP contribution >= 0.6 is 0 Å². The van der Waals surface area contributed by atoms with Gasteiger partial charge in [0.1, 0.15) is 0 Å². The van der Waals surface area contributed by atoms with Gasteiger partial charge in [0.15, 0.2) is 0 Å². The minimum absolute atomic E-state index is 0.103. The normalized spacial score (nSPS) is 14.4. The predicted octanol–water partition coefficient (Wildman–Crippen LogP) is 16.7. The largest absolute Gasteiger partial charge is 0.310 e. The lowest BCUT2D eigenvalue weighted by Crippen LogP contribution is -2.29. The first kappa shape index (κ1) is 34.8. The molecule has 2 aliphatic carbocycles. The maximum atomic E-state index is 10.1. The SMILES string of the molecule is [2H]c1c([2H])c(N(c2ccc3c(c2)C(c2ccccc2)(c2ccccc2)c2ccccc2-3)c2ccc3c(c2)C(c2ccccc2)(c2ccccc2)c2ccccc2-3)c([2H])c([2H])c1-c1ccc2ccccc2c1. The average Bonchev–Trinajstić information content (AvgIpc) is 3.90. The first-order valence-corrected chi connectivity index (χ1v) is 23.0. The second-order valence-electron chi connectivity index (χ2n) is 17.6. The smallest absolute Gasteiger partial charge is 0.0714 e. The van der Waals surface area contributed by atoms with Crippen molar-refractivity contribution in [3.8, 4) is 33.4 Å². The third-order valence-electron chi connectivity index (χ3n) is 14.3. The van der Waals surface area contributed by atoms with E-state index in [0.717, 1.165) is 66.4 Å². The van der Waals surface area contributed by atoms with Gasteiger partial charge in [-0.1, -0.05) is 230 Å². The highest BCUT2D eigenvalue weighted by Gasteiger charge is 2.48. The van der Waals surface area contributed by atoms with E-state index in [0.29, 0.717) is 16.9 Å². The molecule has 0 radical (unpaired) electrons. The summed E-state index contributed by atoms with van der Waals surface area (Å²) in [6.07, 6.45) is 0. The van der Waals surface area contributed by atoms with Gasteiger partial charge in [-0.25, -0.2) is 0 Å². The Morgan fingerprint density at radius 1 is 0.269 bits per heavy atom. The second kappa shape index (κ2) is 15.6. The van der Waals surface area contributed by atoms with Crippen LogP contribution in [0.2, 0.25) is 0 Å². The van der Waals surface area contributed by atoms with Crippen LogP contribution in [0.3, 0.4) is 0 Å². The molecule has 1 heteroatoms. The summed E-state index contributed by atoms with van der Waals surface area (Å²) < 4.78 is 39.8.